The molecule has 1 heterocycles. The summed E-state index contributed by atoms with van der Waals surface area (Å²) in [5.74, 6) is -1.24. The van der Waals surface area contributed by atoms with E-state index in [1.54, 1.807) is 18.3 Å². The van der Waals surface area contributed by atoms with E-state index in [2.05, 4.69) is 0 Å². The predicted octanol–water partition coefficient (Wildman–Crippen LogP) is 4.08. The van der Waals surface area contributed by atoms with E-state index in [0.717, 1.165) is 21.9 Å². The number of benzene rings is 2. The van der Waals surface area contributed by atoms with E-state index in [9.17, 15) is 13.6 Å². The van der Waals surface area contributed by atoms with Crippen LogP contribution in [0, 0.1) is 11.6 Å². The van der Waals surface area contributed by atoms with E-state index in [0.29, 0.717) is 17.8 Å². The van der Waals surface area contributed by atoms with Crippen molar-refractivity contribution in [2.45, 2.75) is 6.54 Å². The summed E-state index contributed by atoms with van der Waals surface area (Å²) in [7, 11) is 1.46. The van der Waals surface area contributed by atoms with Crippen LogP contribution in [-0.4, -0.2) is 22.8 Å². The zero-order valence-electron chi connectivity index (χ0n) is 12.3. The highest BCUT2D eigenvalue weighted by Crippen LogP contribution is 2.24. The van der Waals surface area contributed by atoms with Crippen molar-refractivity contribution in [2.24, 2.45) is 0 Å². The Balaban J connectivity index is 2.00. The maximum Gasteiger partial charge on any atom is 0.411 e. The van der Waals surface area contributed by atoms with Gasteiger partial charge in [-0.05, 0) is 41.3 Å². The van der Waals surface area contributed by atoms with Gasteiger partial charge in [0.25, 0.3) is 0 Å². The second kappa shape index (κ2) is 5.72. The molecule has 4 nitrogen and oxygen atoms in total. The SMILES string of the molecule is CN(C(=O)O)c1ccc2ccn(Cc3cc(F)cc(F)c3)c2c1. The highest BCUT2D eigenvalue weighted by atomic mass is 19.1. The molecule has 0 atom stereocenters. The van der Waals surface area contributed by atoms with Gasteiger partial charge >= 0.3 is 6.09 Å². The van der Waals surface area contributed by atoms with Crippen molar-refractivity contribution < 1.29 is 18.7 Å². The minimum absolute atomic E-state index is 0.290. The van der Waals surface area contributed by atoms with Gasteiger partial charge < -0.3 is 9.67 Å². The minimum Gasteiger partial charge on any atom is -0.465 e. The standard InChI is InChI=1S/C17H14F2N2O2/c1-20(17(22)23)15-3-2-12-4-5-21(16(12)9-15)10-11-6-13(18)8-14(19)7-11/h2-9H,10H2,1H3,(H,22,23). The Morgan fingerprint density at radius 1 is 1.13 bits per heavy atom. The molecule has 0 fully saturated rings. The number of anilines is 1. The first-order valence-corrected chi connectivity index (χ1v) is 6.94. The monoisotopic (exact) mass is 316 g/mol. The largest absolute Gasteiger partial charge is 0.465 e. The van der Waals surface area contributed by atoms with Crippen molar-refractivity contribution in [3.63, 3.8) is 0 Å². The number of carbonyl (C=O) groups is 1. The van der Waals surface area contributed by atoms with Gasteiger partial charge in [0.15, 0.2) is 0 Å². The van der Waals surface area contributed by atoms with Gasteiger partial charge in [0.2, 0.25) is 0 Å². The molecule has 1 N–H and O–H groups in total. The van der Waals surface area contributed by atoms with Crippen LogP contribution in [0.25, 0.3) is 10.9 Å². The fraction of sp³-hybridized carbons (Fsp3) is 0.118. The number of amides is 1. The molecule has 0 spiro atoms. The van der Waals surface area contributed by atoms with Crippen LogP contribution in [0.3, 0.4) is 0 Å². The molecular formula is C17H14F2N2O2. The summed E-state index contributed by atoms with van der Waals surface area (Å²) in [4.78, 5) is 12.2. The molecule has 3 aromatic rings. The summed E-state index contributed by atoms with van der Waals surface area (Å²) in [6, 6.07) is 10.5. The van der Waals surface area contributed by atoms with Gasteiger partial charge in [0.05, 0.1) is 5.52 Å². The highest BCUT2D eigenvalue weighted by molar-refractivity contribution is 5.90. The van der Waals surface area contributed by atoms with Crippen molar-refractivity contribution in [1.82, 2.24) is 4.57 Å². The lowest BCUT2D eigenvalue weighted by Crippen LogP contribution is -2.23. The van der Waals surface area contributed by atoms with E-state index in [-0.39, 0.29) is 0 Å². The molecule has 2 aromatic carbocycles. The first kappa shape index (κ1) is 15.0. The first-order valence-electron chi connectivity index (χ1n) is 6.94. The molecule has 0 unspecified atom stereocenters. The number of nitrogens with zero attached hydrogens (tertiary/aromatic N) is 2. The van der Waals surface area contributed by atoms with E-state index in [4.69, 9.17) is 5.11 Å². The van der Waals surface area contributed by atoms with Gasteiger partial charge in [-0.2, -0.15) is 0 Å². The van der Waals surface area contributed by atoms with E-state index in [1.165, 1.54) is 19.2 Å². The van der Waals surface area contributed by atoms with Gasteiger partial charge in [0.1, 0.15) is 11.6 Å². The number of aromatic nitrogens is 1. The Morgan fingerprint density at radius 3 is 2.48 bits per heavy atom. The molecule has 1 amide bonds. The fourth-order valence-electron chi connectivity index (χ4n) is 2.53. The van der Waals surface area contributed by atoms with E-state index < -0.39 is 17.7 Å². The third kappa shape index (κ3) is 3.01. The van der Waals surface area contributed by atoms with Crippen LogP contribution in [0.1, 0.15) is 5.56 Å². The van der Waals surface area contributed by atoms with Crippen molar-refractivity contribution in [3.8, 4) is 0 Å². The summed E-state index contributed by atoms with van der Waals surface area (Å²) < 4.78 is 28.4. The lowest BCUT2D eigenvalue weighted by molar-refractivity contribution is 0.203. The summed E-state index contributed by atoms with van der Waals surface area (Å²) in [5.41, 5.74) is 1.81. The summed E-state index contributed by atoms with van der Waals surface area (Å²) in [6.45, 7) is 0.290. The Hall–Kier alpha value is -2.89. The fourth-order valence-corrected chi connectivity index (χ4v) is 2.53. The average molecular weight is 316 g/mol. The van der Waals surface area contributed by atoms with Crippen LogP contribution in [0.2, 0.25) is 0 Å². The molecule has 0 radical (unpaired) electrons. The molecule has 0 saturated carbocycles. The number of halogens is 2. The Labute approximate surface area is 131 Å². The molecule has 0 aliphatic carbocycles. The van der Waals surface area contributed by atoms with Crippen molar-refractivity contribution in [2.75, 3.05) is 11.9 Å². The van der Waals surface area contributed by atoms with Crippen LogP contribution in [0.15, 0.2) is 48.7 Å². The highest BCUT2D eigenvalue weighted by Gasteiger charge is 2.11. The van der Waals surface area contributed by atoms with E-state index >= 15 is 0 Å². The minimum atomic E-state index is -1.06. The number of hydrogen-bond acceptors (Lipinski definition) is 1. The van der Waals surface area contributed by atoms with Crippen molar-refractivity contribution in [1.29, 1.82) is 0 Å². The third-order valence-electron chi connectivity index (χ3n) is 3.71. The molecule has 3 rings (SSSR count). The van der Waals surface area contributed by atoms with Gasteiger partial charge in [-0.3, -0.25) is 4.90 Å². The summed E-state index contributed by atoms with van der Waals surface area (Å²) in [5, 5.41) is 9.98. The molecule has 118 valence electrons. The van der Waals surface area contributed by atoms with E-state index in [1.807, 2.05) is 16.7 Å². The normalized spacial score (nSPS) is 10.9. The Bertz CT molecular complexity index is 869. The van der Waals surface area contributed by atoms with Gasteiger partial charge in [-0.1, -0.05) is 6.07 Å². The average Bonchev–Trinajstić information content (AvgIpc) is 2.87. The lowest BCUT2D eigenvalue weighted by atomic mass is 10.2. The first-order chi connectivity index (χ1) is 10.9. The third-order valence-corrected chi connectivity index (χ3v) is 3.71. The van der Waals surface area contributed by atoms with Crippen LogP contribution in [0.5, 0.6) is 0 Å². The van der Waals surface area contributed by atoms with Crippen molar-refractivity contribution >= 4 is 22.7 Å². The zero-order valence-corrected chi connectivity index (χ0v) is 12.3. The molecule has 0 bridgehead atoms. The molecule has 23 heavy (non-hydrogen) atoms. The number of rotatable bonds is 3. The maximum atomic E-state index is 13.3. The van der Waals surface area contributed by atoms with Crippen LogP contribution in [0.4, 0.5) is 19.3 Å². The zero-order chi connectivity index (χ0) is 16.6. The molecule has 0 aliphatic heterocycles. The Kier molecular flexibility index (Phi) is 3.73. The summed E-state index contributed by atoms with van der Waals surface area (Å²) in [6.07, 6.45) is 0.743. The van der Waals surface area contributed by atoms with Crippen LogP contribution >= 0.6 is 0 Å². The topological polar surface area (TPSA) is 45.5 Å². The van der Waals surface area contributed by atoms with Crippen molar-refractivity contribution in [3.05, 3.63) is 65.9 Å². The number of hydrogen-bond donors (Lipinski definition) is 1. The second-order valence-corrected chi connectivity index (χ2v) is 5.31. The number of fused-ring (bicyclic) bond motifs is 1. The molecular weight excluding hydrogens is 302 g/mol. The molecule has 0 aliphatic rings. The van der Waals surface area contributed by atoms with Crippen LogP contribution in [-0.2, 0) is 6.54 Å². The van der Waals surface area contributed by atoms with Crippen LogP contribution < -0.4 is 4.90 Å². The number of carboxylic acid groups (broad SMARTS) is 1. The molecule has 6 heteroatoms. The molecule has 1 aromatic heterocycles. The molecule has 0 saturated heterocycles. The quantitative estimate of drug-likeness (QED) is 0.791. The smallest absolute Gasteiger partial charge is 0.411 e. The van der Waals surface area contributed by atoms with Gasteiger partial charge in [-0.25, -0.2) is 13.6 Å². The predicted molar refractivity (Wildman–Crippen MR) is 83.8 cm³/mol. The second-order valence-electron chi connectivity index (χ2n) is 5.31. The maximum absolute atomic E-state index is 13.3. The lowest BCUT2D eigenvalue weighted by Gasteiger charge is -2.14. The van der Waals surface area contributed by atoms with Gasteiger partial charge in [-0.15, -0.1) is 0 Å². The summed E-state index contributed by atoms with van der Waals surface area (Å²) >= 11 is 0. The Morgan fingerprint density at radius 2 is 1.83 bits per heavy atom. The van der Waals surface area contributed by atoms with Gasteiger partial charge in [0, 0.05) is 31.5 Å².